The fourth-order valence-electron chi connectivity index (χ4n) is 6.01. The summed E-state index contributed by atoms with van der Waals surface area (Å²) in [7, 11) is 0. The zero-order chi connectivity index (χ0) is 33.5. The Balaban J connectivity index is 1.19. The van der Waals surface area contributed by atoms with E-state index in [0.29, 0.717) is 36.2 Å². The van der Waals surface area contributed by atoms with Crippen LogP contribution >= 0.6 is 0 Å². The Bertz CT molecular complexity index is 1640. The molecule has 0 spiro atoms. The number of amides is 1. The number of hydrogen-bond acceptors (Lipinski definition) is 9. The minimum atomic E-state index is -4.60. The highest BCUT2D eigenvalue weighted by molar-refractivity contribution is 6.37. The molecule has 2 aromatic carbocycles. The van der Waals surface area contributed by atoms with E-state index in [1.54, 1.807) is 24.3 Å². The van der Waals surface area contributed by atoms with Gasteiger partial charge in [-0.25, -0.2) is 28.8 Å². The largest absolute Gasteiger partial charge is 0.416 e. The number of halogens is 5. The molecular formula is C32H36F5N9O. The van der Waals surface area contributed by atoms with Crippen molar-refractivity contribution in [2.45, 2.75) is 57.5 Å². The van der Waals surface area contributed by atoms with E-state index in [1.165, 1.54) is 17.5 Å². The lowest BCUT2D eigenvalue weighted by Crippen LogP contribution is -2.49. The van der Waals surface area contributed by atoms with Crippen LogP contribution in [0.4, 0.5) is 39.0 Å². The van der Waals surface area contributed by atoms with Crippen molar-refractivity contribution < 1.29 is 26.7 Å². The number of nitrogens with zero attached hydrogens (tertiary/aromatic N) is 7. The molecule has 0 aliphatic carbocycles. The number of rotatable bonds is 6. The molecule has 250 valence electrons. The average Bonchev–Trinajstić information content (AvgIpc) is 3.40. The maximum atomic E-state index is 13.9. The summed E-state index contributed by atoms with van der Waals surface area (Å²) in [5.74, 6) is -3.22. The molecule has 0 bridgehead atoms. The molecule has 2 aromatic rings. The van der Waals surface area contributed by atoms with Crippen molar-refractivity contribution in [1.29, 1.82) is 0 Å². The Morgan fingerprint density at radius 2 is 1.79 bits per heavy atom. The summed E-state index contributed by atoms with van der Waals surface area (Å²) in [6.45, 7) is 8.24. The van der Waals surface area contributed by atoms with Crippen LogP contribution in [0.15, 0.2) is 56.4 Å². The molecule has 4 heterocycles. The summed E-state index contributed by atoms with van der Waals surface area (Å²) in [6.07, 6.45) is -2.70. The predicted molar refractivity (Wildman–Crippen MR) is 174 cm³/mol. The van der Waals surface area contributed by atoms with E-state index in [-0.39, 0.29) is 30.2 Å². The lowest BCUT2D eigenvalue weighted by molar-refractivity contribution is -0.137. The number of carbonyl (C=O) groups excluding carboxylic acids is 1. The van der Waals surface area contributed by atoms with E-state index < -0.39 is 42.3 Å². The smallest absolute Gasteiger partial charge is 0.369 e. The molecule has 15 heteroatoms. The minimum Gasteiger partial charge on any atom is -0.369 e. The normalized spacial score (nSPS) is 22.7. The standard InChI is InChI=1S/C32H36F5N9O/c1-19(2)44-8-10-45(11-9-44)24-14-22(32(35,36)37)13-23(15-24)41-29(47)21-5-4-20(3)25(12-21)42-28-27-26(39-18-40-28)16-38-30(43-27)46-7-6-31(33,34)17-46/h4-5,12-16,18-19,27-28,42H,6-11,17H2,1-3H3,(H,41,47). The highest BCUT2D eigenvalue weighted by Gasteiger charge is 2.41. The monoisotopic (exact) mass is 657 g/mol. The molecule has 1 amide bonds. The van der Waals surface area contributed by atoms with Crippen LogP contribution in [0.25, 0.3) is 0 Å². The lowest BCUT2D eigenvalue weighted by Gasteiger charge is -2.38. The average molecular weight is 658 g/mol. The molecule has 47 heavy (non-hydrogen) atoms. The van der Waals surface area contributed by atoms with Gasteiger partial charge in [0.2, 0.25) is 5.96 Å². The second kappa shape index (κ2) is 12.7. The minimum absolute atomic E-state index is 0.0368. The van der Waals surface area contributed by atoms with Crippen LogP contribution in [0, 0.1) is 6.92 Å². The zero-order valence-corrected chi connectivity index (χ0v) is 26.2. The molecule has 10 nitrogen and oxygen atoms in total. The van der Waals surface area contributed by atoms with E-state index in [4.69, 9.17) is 0 Å². The molecule has 2 N–H and O–H groups in total. The summed E-state index contributed by atoms with van der Waals surface area (Å²) in [6, 6.07) is 8.22. The molecule has 0 radical (unpaired) electrons. The second-order valence-electron chi connectivity index (χ2n) is 12.4. The molecule has 0 saturated carbocycles. The van der Waals surface area contributed by atoms with Crippen LogP contribution in [0.3, 0.4) is 0 Å². The number of fused-ring (bicyclic) bond motifs is 1. The maximum absolute atomic E-state index is 13.9. The lowest BCUT2D eigenvalue weighted by atomic mass is 10.1. The fraction of sp³-hybridized carbons (Fsp3) is 0.469. The van der Waals surface area contributed by atoms with Gasteiger partial charge in [0.1, 0.15) is 18.5 Å². The van der Waals surface area contributed by atoms with Crippen LogP contribution < -0.4 is 15.5 Å². The summed E-state index contributed by atoms with van der Waals surface area (Å²) < 4.78 is 69.4. The van der Waals surface area contributed by atoms with Gasteiger partial charge < -0.3 is 20.4 Å². The topological polar surface area (TPSA) is 100 Å². The number of benzene rings is 2. The van der Waals surface area contributed by atoms with E-state index in [0.717, 1.165) is 30.8 Å². The first-order chi connectivity index (χ1) is 22.3. The number of hydrogen-bond donors (Lipinski definition) is 2. The summed E-state index contributed by atoms with van der Waals surface area (Å²) >= 11 is 0. The summed E-state index contributed by atoms with van der Waals surface area (Å²) in [5, 5.41) is 5.93. The number of alkyl halides is 5. The van der Waals surface area contributed by atoms with Crippen molar-refractivity contribution in [1.82, 2.24) is 9.80 Å². The number of aliphatic imine (C=N–C) groups is 4. The molecule has 4 aliphatic rings. The Labute approximate surface area is 269 Å². The predicted octanol–water partition coefficient (Wildman–Crippen LogP) is 5.17. The van der Waals surface area contributed by atoms with Crippen LogP contribution in [0.2, 0.25) is 0 Å². The SMILES string of the molecule is Cc1ccc(C(=O)Nc2cc(N3CCN(C(C)C)CC3)cc(C(F)(F)F)c2)cc1NC1N=CN=C2C=NC(N3CCC(F)(F)C3)=NC21. The third-order valence-corrected chi connectivity index (χ3v) is 8.77. The van der Waals surface area contributed by atoms with Crippen molar-refractivity contribution >= 4 is 47.2 Å². The summed E-state index contributed by atoms with van der Waals surface area (Å²) in [5.41, 5.74) is 1.62. The van der Waals surface area contributed by atoms with Gasteiger partial charge in [0.15, 0.2) is 0 Å². The molecular weight excluding hydrogens is 621 g/mol. The van der Waals surface area contributed by atoms with Crippen molar-refractivity contribution in [2.24, 2.45) is 20.0 Å². The number of likely N-dealkylation sites (tertiary alicyclic amines) is 1. The quantitative estimate of drug-likeness (QED) is 0.418. The third-order valence-electron chi connectivity index (χ3n) is 8.77. The highest BCUT2D eigenvalue weighted by Crippen LogP contribution is 2.35. The van der Waals surface area contributed by atoms with E-state index in [9.17, 15) is 26.7 Å². The van der Waals surface area contributed by atoms with Gasteiger partial charge in [-0.3, -0.25) is 9.69 Å². The Hall–Kier alpha value is -4.40. The van der Waals surface area contributed by atoms with E-state index in [2.05, 4.69) is 49.4 Å². The van der Waals surface area contributed by atoms with Gasteiger partial charge in [-0.15, -0.1) is 0 Å². The first kappa shape index (κ1) is 32.5. The first-order valence-corrected chi connectivity index (χ1v) is 15.5. The number of guanidine groups is 1. The first-order valence-electron chi connectivity index (χ1n) is 15.5. The van der Waals surface area contributed by atoms with Gasteiger partial charge in [0.25, 0.3) is 11.8 Å². The molecule has 2 fully saturated rings. The van der Waals surface area contributed by atoms with E-state index >= 15 is 0 Å². The zero-order valence-electron chi connectivity index (χ0n) is 26.2. The summed E-state index contributed by atoms with van der Waals surface area (Å²) in [4.78, 5) is 36.5. The number of nitrogens with one attached hydrogen (secondary N) is 2. The van der Waals surface area contributed by atoms with Crippen molar-refractivity contribution in [3.63, 3.8) is 0 Å². The number of anilines is 3. The number of carbonyl (C=O) groups is 1. The molecule has 2 atom stereocenters. The van der Waals surface area contributed by atoms with Gasteiger partial charge in [-0.2, -0.15) is 13.2 Å². The Morgan fingerprint density at radius 1 is 1.02 bits per heavy atom. The second-order valence-corrected chi connectivity index (χ2v) is 12.4. The van der Waals surface area contributed by atoms with Crippen molar-refractivity contribution in [2.75, 3.05) is 54.8 Å². The van der Waals surface area contributed by atoms with Gasteiger partial charge in [0, 0.05) is 67.8 Å². The van der Waals surface area contributed by atoms with Crippen molar-refractivity contribution in [3.8, 4) is 0 Å². The molecule has 4 aliphatic heterocycles. The van der Waals surface area contributed by atoms with Gasteiger partial charge >= 0.3 is 6.18 Å². The van der Waals surface area contributed by atoms with Gasteiger partial charge in [0.05, 0.1) is 24.0 Å². The van der Waals surface area contributed by atoms with Gasteiger partial charge in [-0.1, -0.05) is 6.07 Å². The van der Waals surface area contributed by atoms with Crippen LogP contribution in [0.1, 0.15) is 41.8 Å². The van der Waals surface area contributed by atoms with Crippen molar-refractivity contribution in [3.05, 3.63) is 53.1 Å². The third kappa shape index (κ3) is 7.29. The van der Waals surface area contributed by atoms with Crippen LogP contribution in [-0.2, 0) is 6.18 Å². The Kier molecular flexibility index (Phi) is 8.76. The Morgan fingerprint density at radius 3 is 2.47 bits per heavy atom. The number of piperazine rings is 1. The van der Waals surface area contributed by atoms with E-state index in [1.807, 2.05) is 11.8 Å². The maximum Gasteiger partial charge on any atom is 0.416 e. The van der Waals surface area contributed by atoms with Gasteiger partial charge in [-0.05, 0) is 56.7 Å². The number of aryl methyl sites for hydroxylation is 1. The van der Waals surface area contributed by atoms with Crippen LogP contribution in [0.5, 0.6) is 0 Å². The molecule has 0 aromatic heterocycles. The van der Waals surface area contributed by atoms with Crippen LogP contribution in [-0.4, -0.2) is 103 Å². The molecule has 6 rings (SSSR count). The highest BCUT2D eigenvalue weighted by atomic mass is 19.4. The fourth-order valence-corrected chi connectivity index (χ4v) is 6.01. The molecule has 2 saturated heterocycles. The molecule has 2 unspecified atom stereocenters.